The first-order valence-electron chi connectivity index (χ1n) is 14.9. The minimum Gasteiger partial charge on any atom is -0.309 e. The zero-order chi connectivity index (χ0) is 29.0. The van der Waals surface area contributed by atoms with Crippen LogP contribution in [-0.2, 0) is 0 Å². The predicted molar refractivity (Wildman–Crippen MR) is 182 cm³/mol. The lowest BCUT2D eigenvalue weighted by molar-refractivity contribution is 1.09. The van der Waals surface area contributed by atoms with Gasteiger partial charge in [-0.1, -0.05) is 109 Å². The van der Waals surface area contributed by atoms with E-state index >= 15 is 0 Å². The van der Waals surface area contributed by atoms with E-state index in [0.717, 1.165) is 33.9 Å². The van der Waals surface area contributed by atoms with Crippen molar-refractivity contribution >= 4 is 50.3 Å². The fourth-order valence-electron chi connectivity index (χ4n) is 6.59. The maximum Gasteiger partial charge on any atom is 0.235 e. The topological polar surface area (TPSA) is 34.0 Å². The molecule has 0 aliphatic carbocycles. The van der Waals surface area contributed by atoms with E-state index in [4.69, 9.17) is 9.97 Å². The quantitative estimate of drug-likeness (QED) is 0.214. The van der Waals surface area contributed by atoms with Crippen LogP contribution in [0.3, 0.4) is 0 Å². The molecule has 0 saturated carbocycles. The van der Waals surface area contributed by atoms with Gasteiger partial charge in [-0.05, 0) is 48.0 Å². The summed E-state index contributed by atoms with van der Waals surface area (Å²) < 4.78 is 2.40. The van der Waals surface area contributed by atoms with Crippen LogP contribution in [0.1, 0.15) is 5.56 Å². The number of aromatic nitrogens is 3. The molecule has 2 aromatic heterocycles. The second-order valence-electron chi connectivity index (χ2n) is 11.1. The average Bonchev–Trinajstić information content (AvgIpc) is 3.44. The molecule has 0 amide bonds. The van der Waals surface area contributed by atoms with Gasteiger partial charge in [0.2, 0.25) is 5.95 Å². The monoisotopic (exact) mass is 562 g/mol. The lowest BCUT2D eigenvalue weighted by Crippen LogP contribution is -2.16. The van der Waals surface area contributed by atoms with E-state index in [9.17, 15) is 0 Å². The van der Waals surface area contributed by atoms with Gasteiger partial charge < -0.3 is 4.57 Å². The molecule has 0 radical (unpaired) electrons. The minimum absolute atomic E-state index is 0.642. The molecule has 0 saturated heterocycles. The Bertz CT molecular complexity index is 2320. The Morgan fingerprint density at radius 1 is 0.500 bits per heavy atom. The molecular formula is C40H26N4. The third-order valence-electron chi connectivity index (χ3n) is 8.55. The smallest absolute Gasteiger partial charge is 0.235 e. The first kappa shape index (κ1) is 24.6. The summed E-state index contributed by atoms with van der Waals surface area (Å²) >= 11 is 0. The van der Waals surface area contributed by atoms with Crippen molar-refractivity contribution in [2.24, 2.45) is 0 Å². The van der Waals surface area contributed by atoms with Crippen molar-refractivity contribution in [3.63, 3.8) is 0 Å². The maximum atomic E-state index is 5.13. The van der Waals surface area contributed by atoms with Crippen LogP contribution >= 0.6 is 0 Å². The summed E-state index contributed by atoms with van der Waals surface area (Å²) in [6.45, 7) is 0. The van der Waals surface area contributed by atoms with Crippen molar-refractivity contribution in [3.8, 4) is 28.2 Å². The molecule has 3 heterocycles. The van der Waals surface area contributed by atoms with Crippen LogP contribution in [0.5, 0.6) is 0 Å². The van der Waals surface area contributed by atoms with E-state index in [1.807, 2.05) is 36.4 Å². The van der Waals surface area contributed by atoms with E-state index in [-0.39, 0.29) is 0 Å². The second kappa shape index (κ2) is 9.79. The van der Waals surface area contributed by atoms with Gasteiger partial charge in [0.15, 0.2) is 0 Å². The highest BCUT2D eigenvalue weighted by Gasteiger charge is 2.24. The number of hydrogen-bond acceptors (Lipinski definition) is 3. The molecule has 0 spiro atoms. The van der Waals surface area contributed by atoms with E-state index in [2.05, 4.69) is 131 Å². The third-order valence-corrected chi connectivity index (χ3v) is 8.55. The first-order valence-corrected chi connectivity index (χ1v) is 14.9. The molecule has 44 heavy (non-hydrogen) atoms. The molecule has 8 aromatic rings. The summed E-state index contributed by atoms with van der Waals surface area (Å²) in [7, 11) is 0. The molecule has 4 nitrogen and oxygen atoms in total. The van der Waals surface area contributed by atoms with Crippen molar-refractivity contribution in [1.82, 2.24) is 14.5 Å². The average molecular weight is 563 g/mol. The SMILES string of the molecule is C1=CN(c2nc(-c3ccccc3)cc(-c3ccccc3)n2)c2cccc3c2c1cc1c2ccccc2n(-c2ccccc2)c31. The summed E-state index contributed by atoms with van der Waals surface area (Å²) in [4.78, 5) is 12.4. The Labute approximate surface area is 254 Å². The van der Waals surface area contributed by atoms with Gasteiger partial charge in [0.1, 0.15) is 0 Å². The van der Waals surface area contributed by atoms with Crippen molar-refractivity contribution in [3.05, 3.63) is 157 Å². The van der Waals surface area contributed by atoms with Gasteiger partial charge in [-0.3, -0.25) is 4.90 Å². The molecule has 0 fully saturated rings. The van der Waals surface area contributed by atoms with Gasteiger partial charge in [-0.2, -0.15) is 0 Å². The summed E-state index contributed by atoms with van der Waals surface area (Å²) in [5.41, 5.74) is 9.70. The molecule has 0 N–H and O–H groups in total. The van der Waals surface area contributed by atoms with Crippen molar-refractivity contribution in [1.29, 1.82) is 0 Å². The van der Waals surface area contributed by atoms with Crippen molar-refractivity contribution in [2.45, 2.75) is 0 Å². The third kappa shape index (κ3) is 3.78. The standard InChI is InChI=1S/C40H26N4/c1-4-13-27(14-5-1)34-26-35(28-15-6-2-7-16-28)42-40(41-34)43-24-23-29-25-33-31-19-10-11-21-36(31)44(30-17-8-3-9-18-30)39(33)32-20-12-22-37(43)38(29)32/h1-26H. The van der Waals surface area contributed by atoms with Crippen LogP contribution < -0.4 is 4.90 Å². The number of rotatable bonds is 4. The molecule has 9 rings (SSSR count). The Hall–Kier alpha value is -6.00. The maximum absolute atomic E-state index is 5.13. The molecular weight excluding hydrogens is 536 g/mol. The van der Waals surface area contributed by atoms with Crippen molar-refractivity contribution < 1.29 is 0 Å². The highest BCUT2D eigenvalue weighted by molar-refractivity contribution is 6.23. The molecule has 0 bridgehead atoms. The van der Waals surface area contributed by atoms with Gasteiger partial charge in [-0.25, -0.2) is 9.97 Å². The molecule has 1 aliphatic rings. The van der Waals surface area contributed by atoms with E-state index in [1.165, 1.54) is 38.1 Å². The molecule has 6 aromatic carbocycles. The fourth-order valence-corrected chi connectivity index (χ4v) is 6.59. The van der Waals surface area contributed by atoms with Gasteiger partial charge in [0, 0.05) is 44.6 Å². The lowest BCUT2D eigenvalue weighted by Gasteiger charge is -2.26. The summed E-state index contributed by atoms with van der Waals surface area (Å²) in [6, 6.07) is 51.0. The van der Waals surface area contributed by atoms with E-state index < -0.39 is 0 Å². The number of hydrogen-bond donors (Lipinski definition) is 0. The molecule has 206 valence electrons. The largest absolute Gasteiger partial charge is 0.309 e. The molecule has 1 aliphatic heterocycles. The van der Waals surface area contributed by atoms with Gasteiger partial charge in [-0.15, -0.1) is 0 Å². The van der Waals surface area contributed by atoms with Crippen LogP contribution in [-0.4, -0.2) is 14.5 Å². The van der Waals surface area contributed by atoms with Crippen molar-refractivity contribution in [2.75, 3.05) is 4.90 Å². The van der Waals surface area contributed by atoms with Gasteiger partial charge in [0.05, 0.1) is 28.1 Å². The zero-order valence-corrected chi connectivity index (χ0v) is 23.8. The summed E-state index contributed by atoms with van der Waals surface area (Å²) in [5, 5.41) is 4.89. The lowest BCUT2D eigenvalue weighted by atomic mass is 9.96. The fraction of sp³-hybridized carbons (Fsp3) is 0. The van der Waals surface area contributed by atoms with Crippen LogP contribution in [0.4, 0.5) is 11.6 Å². The molecule has 4 heteroatoms. The highest BCUT2D eigenvalue weighted by Crippen LogP contribution is 2.44. The van der Waals surface area contributed by atoms with Crippen LogP contribution in [0.25, 0.3) is 66.9 Å². The molecule has 0 unspecified atom stereocenters. The Morgan fingerprint density at radius 2 is 1.11 bits per heavy atom. The van der Waals surface area contributed by atoms with Gasteiger partial charge in [0.25, 0.3) is 0 Å². The highest BCUT2D eigenvalue weighted by atomic mass is 15.2. The Morgan fingerprint density at radius 3 is 1.82 bits per heavy atom. The number of fused-ring (bicyclic) bond motifs is 4. The second-order valence-corrected chi connectivity index (χ2v) is 11.1. The number of benzene rings is 6. The zero-order valence-electron chi connectivity index (χ0n) is 23.8. The van der Waals surface area contributed by atoms with E-state index in [1.54, 1.807) is 0 Å². The first-order chi connectivity index (χ1) is 21.8. The van der Waals surface area contributed by atoms with Gasteiger partial charge >= 0.3 is 0 Å². The summed E-state index contributed by atoms with van der Waals surface area (Å²) in [5.74, 6) is 0.642. The van der Waals surface area contributed by atoms with Crippen LogP contribution in [0.2, 0.25) is 0 Å². The Kier molecular flexibility index (Phi) is 5.47. The number of para-hydroxylation sites is 2. The number of nitrogens with zero attached hydrogens (tertiary/aromatic N) is 4. The number of anilines is 2. The Balaban J connectivity index is 1.31. The van der Waals surface area contributed by atoms with Crippen LogP contribution in [0.15, 0.2) is 152 Å². The summed E-state index contributed by atoms with van der Waals surface area (Å²) in [6.07, 6.45) is 4.31. The minimum atomic E-state index is 0.642. The normalized spacial score (nSPS) is 12.4. The van der Waals surface area contributed by atoms with Crippen LogP contribution in [0, 0.1) is 0 Å². The van der Waals surface area contributed by atoms with E-state index in [0.29, 0.717) is 5.95 Å². The predicted octanol–water partition coefficient (Wildman–Crippen LogP) is 10.2. The molecule has 0 atom stereocenters.